The lowest BCUT2D eigenvalue weighted by atomic mass is 10.0. The molecule has 0 amide bonds. The monoisotopic (exact) mass is 198 g/mol. The van der Waals surface area contributed by atoms with E-state index in [0.717, 1.165) is 12.8 Å². The Morgan fingerprint density at radius 2 is 2.15 bits per heavy atom. The van der Waals surface area contributed by atoms with Gasteiger partial charge in [0.2, 0.25) is 0 Å². The molecule has 0 aliphatic carbocycles. The molecule has 13 heavy (non-hydrogen) atoms. The van der Waals surface area contributed by atoms with Crippen LogP contribution in [0.2, 0.25) is 5.15 Å². The minimum absolute atomic E-state index is 0.485. The molecule has 0 radical (unpaired) electrons. The lowest BCUT2D eigenvalue weighted by Gasteiger charge is -2.05. The Labute approximate surface area is 84.1 Å². The molecule has 0 unspecified atom stereocenters. The molecule has 3 heteroatoms. The number of aromatic nitrogens is 1. The number of aryl methyl sites for hydroxylation is 1. The number of anilines is 1. The Hall–Kier alpha value is -0.760. The Kier molecular flexibility index (Phi) is 3.55. The maximum absolute atomic E-state index is 5.77. The van der Waals surface area contributed by atoms with Crippen molar-refractivity contribution >= 4 is 17.4 Å². The molecule has 1 rings (SSSR count). The summed E-state index contributed by atoms with van der Waals surface area (Å²) in [6.07, 6.45) is 2.17. The van der Waals surface area contributed by atoms with Gasteiger partial charge in [-0.2, -0.15) is 0 Å². The molecule has 0 saturated heterocycles. The molecule has 0 bridgehead atoms. The van der Waals surface area contributed by atoms with Gasteiger partial charge in [0.05, 0.1) is 0 Å². The summed E-state index contributed by atoms with van der Waals surface area (Å²) in [5, 5.41) is 0.485. The van der Waals surface area contributed by atoms with Crippen LogP contribution < -0.4 is 5.73 Å². The first-order valence-corrected chi connectivity index (χ1v) is 4.87. The first-order valence-electron chi connectivity index (χ1n) is 4.50. The normalized spacial score (nSPS) is 10.8. The van der Waals surface area contributed by atoms with Crippen molar-refractivity contribution < 1.29 is 0 Å². The molecular formula is C10H15ClN2. The molecule has 1 aromatic rings. The van der Waals surface area contributed by atoms with Gasteiger partial charge >= 0.3 is 0 Å². The minimum atomic E-state index is 0.485. The average molecular weight is 199 g/mol. The summed E-state index contributed by atoms with van der Waals surface area (Å²) in [5.74, 6) is 1.21. The standard InChI is InChI=1S/C10H15ClN2/c1-7(2)3-4-8-5-9(11)13-10(12)6-8/h5-7H,3-4H2,1-2H3,(H2,12,13). The number of halogens is 1. The lowest BCUT2D eigenvalue weighted by Crippen LogP contribution is -1.96. The molecule has 1 aromatic heterocycles. The number of nitrogens with two attached hydrogens (primary N) is 1. The highest BCUT2D eigenvalue weighted by Gasteiger charge is 2.00. The zero-order chi connectivity index (χ0) is 9.84. The minimum Gasteiger partial charge on any atom is -0.384 e. The van der Waals surface area contributed by atoms with E-state index in [1.807, 2.05) is 12.1 Å². The molecule has 0 spiro atoms. The Bertz CT molecular complexity index is 264. The average Bonchev–Trinajstić information content (AvgIpc) is 1.99. The Balaban J connectivity index is 2.66. The smallest absolute Gasteiger partial charge is 0.131 e. The first kappa shape index (κ1) is 10.3. The zero-order valence-corrected chi connectivity index (χ0v) is 8.80. The highest BCUT2D eigenvalue weighted by molar-refractivity contribution is 6.29. The molecule has 0 aliphatic heterocycles. The second-order valence-electron chi connectivity index (χ2n) is 3.66. The van der Waals surface area contributed by atoms with Gasteiger partial charge in [-0.15, -0.1) is 0 Å². The third-order valence-electron chi connectivity index (χ3n) is 1.88. The van der Waals surface area contributed by atoms with E-state index in [0.29, 0.717) is 16.9 Å². The van der Waals surface area contributed by atoms with E-state index >= 15 is 0 Å². The van der Waals surface area contributed by atoms with E-state index in [1.54, 1.807) is 0 Å². The van der Waals surface area contributed by atoms with Gasteiger partial charge in [0, 0.05) is 0 Å². The predicted octanol–water partition coefficient (Wildman–Crippen LogP) is 2.91. The highest BCUT2D eigenvalue weighted by atomic mass is 35.5. The second-order valence-corrected chi connectivity index (χ2v) is 4.04. The van der Waals surface area contributed by atoms with Gasteiger partial charge < -0.3 is 5.73 Å². The van der Waals surface area contributed by atoms with Crippen LogP contribution in [-0.2, 0) is 6.42 Å². The second kappa shape index (κ2) is 4.47. The molecule has 0 atom stereocenters. The van der Waals surface area contributed by atoms with Crippen molar-refractivity contribution in [2.24, 2.45) is 5.92 Å². The van der Waals surface area contributed by atoms with Gasteiger partial charge in [0.1, 0.15) is 11.0 Å². The van der Waals surface area contributed by atoms with E-state index in [4.69, 9.17) is 17.3 Å². The van der Waals surface area contributed by atoms with E-state index in [9.17, 15) is 0 Å². The van der Waals surface area contributed by atoms with Crippen LogP contribution in [0, 0.1) is 5.92 Å². The van der Waals surface area contributed by atoms with Crippen LogP contribution in [0.3, 0.4) is 0 Å². The number of rotatable bonds is 3. The predicted molar refractivity (Wildman–Crippen MR) is 56.8 cm³/mol. The first-order chi connectivity index (χ1) is 6.08. The third-order valence-corrected chi connectivity index (χ3v) is 2.08. The number of nitrogen functional groups attached to an aromatic ring is 1. The van der Waals surface area contributed by atoms with Crippen molar-refractivity contribution in [1.29, 1.82) is 0 Å². The van der Waals surface area contributed by atoms with Gasteiger partial charge in [-0.1, -0.05) is 25.4 Å². The van der Waals surface area contributed by atoms with Crippen LogP contribution in [0.4, 0.5) is 5.82 Å². The van der Waals surface area contributed by atoms with Gasteiger partial charge in [-0.25, -0.2) is 4.98 Å². The van der Waals surface area contributed by atoms with Crippen molar-refractivity contribution in [3.8, 4) is 0 Å². The van der Waals surface area contributed by atoms with E-state index in [-0.39, 0.29) is 0 Å². The molecule has 2 nitrogen and oxygen atoms in total. The van der Waals surface area contributed by atoms with Crippen LogP contribution in [0.25, 0.3) is 0 Å². The summed E-state index contributed by atoms with van der Waals surface area (Å²) in [5.41, 5.74) is 6.74. The van der Waals surface area contributed by atoms with Gasteiger partial charge in [0.25, 0.3) is 0 Å². The maximum Gasteiger partial charge on any atom is 0.131 e. The van der Waals surface area contributed by atoms with Crippen LogP contribution in [0.5, 0.6) is 0 Å². The quantitative estimate of drug-likeness (QED) is 0.759. The highest BCUT2D eigenvalue weighted by Crippen LogP contribution is 2.15. The summed E-state index contributed by atoms with van der Waals surface area (Å²) >= 11 is 5.77. The SMILES string of the molecule is CC(C)CCc1cc(N)nc(Cl)c1. The topological polar surface area (TPSA) is 38.9 Å². The van der Waals surface area contributed by atoms with Crippen molar-refractivity contribution in [3.05, 3.63) is 22.8 Å². The number of hydrogen-bond acceptors (Lipinski definition) is 2. The third kappa shape index (κ3) is 3.64. The van der Waals surface area contributed by atoms with E-state index in [1.165, 1.54) is 5.56 Å². The largest absolute Gasteiger partial charge is 0.384 e. The molecule has 0 saturated carbocycles. The summed E-state index contributed by atoms with van der Waals surface area (Å²) < 4.78 is 0. The van der Waals surface area contributed by atoms with E-state index < -0.39 is 0 Å². The number of nitrogens with zero attached hydrogens (tertiary/aromatic N) is 1. The Morgan fingerprint density at radius 1 is 1.46 bits per heavy atom. The maximum atomic E-state index is 5.77. The fraction of sp³-hybridized carbons (Fsp3) is 0.500. The lowest BCUT2D eigenvalue weighted by molar-refractivity contribution is 0.586. The zero-order valence-electron chi connectivity index (χ0n) is 8.05. The Morgan fingerprint density at radius 3 is 2.69 bits per heavy atom. The van der Waals surface area contributed by atoms with Crippen molar-refractivity contribution in [2.45, 2.75) is 26.7 Å². The molecule has 2 N–H and O–H groups in total. The molecule has 0 aromatic carbocycles. The van der Waals surface area contributed by atoms with Crippen LogP contribution in [0.1, 0.15) is 25.8 Å². The van der Waals surface area contributed by atoms with Crippen molar-refractivity contribution in [2.75, 3.05) is 5.73 Å². The molecule has 0 fully saturated rings. The van der Waals surface area contributed by atoms with Gasteiger partial charge in [0.15, 0.2) is 0 Å². The number of pyridine rings is 1. The summed E-state index contributed by atoms with van der Waals surface area (Å²) in [6.45, 7) is 4.40. The van der Waals surface area contributed by atoms with E-state index in [2.05, 4.69) is 18.8 Å². The van der Waals surface area contributed by atoms with Gasteiger partial charge in [-0.3, -0.25) is 0 Å². The van der Waals surface area contributed by atoms with Gasteiger partial charge in [-0.05, 0) is 36.5 Å². The van der Waals surface area contributed by atoms with Crippen molar-refractivity contribution in [1.82, 2.24) is 4.98 Å². The molecular weight excluding hydrogens is 184 g/mol. The number of hydrogen-bond donors (Lipinski definition) is 1. The summed E-state index contributed by atoms with van der Waals surface area (Å²) in [6, 6.07) is 3.76. The fourth-order valence-electron chi connectivity index (χ4n) is 1.17. The van der Waals surface area contributed by atoms with Crippen LogP contribution >= 0.6 is 11.6 Å². The molecule has 0 aliphatic rings. The van der Waals surface area contributed by atoms with Crippen molar-refractivity contribution in [3.63, 3.8) is 0 Å². The summed E-state index contributed by atoms with van der Waals surface area (Å²) in [4.78, 5) is 3.90. The molecule has 1 heterocycles. The summed E-state index contributed by atoms with van der Waals surface area (Å²) in [7, 11) is 0. The molecule has 72 valence electrons. The fourth-order valence-corrected chi connectivity index (χ4v) is 1.41. The van der Waals surface area contributed by atoms with Crippen LogP contribution in [-0.4, -0.2) is 4.98 Å². The van der Waals surface area contributed by atoms with Crippen LogP contribution in [0.15, 0.2) is 12.1 Å².